The molecular weight excluding hydrogens is 582 g/mol. The molecule has 4 rings (SSSR count). The highest BCUT2D eigenvalue weighted by molar-refractivity contribution is 5.91. The highest BCUT2D eigenvalue weighted by atomic mass is 16.5. The number of carbonyl (C=O) groups excluding carboxylic acids is 1. The van der Waals surface area contributed by atoms with E-state index in [9.17, 15) is 10.0 Å². The summed E-state index contributed by atoms with van der Waals surface area (Å²) in [6.45, 7) is 8.86. The van der Waals surface area contributed by atoms with Crippen LogP contribution in [0.2, 0.25) is 0 Å². The Kier molecular flexibility index (Phi) is 13.5. The molecule has 3 aromatic carbocycles. The summed E-state index contributed by atoms with van der Waals surface area (Å²) in [7, 11) is 1.63. The summed E-state index contributed by atoms with van der Waals surface area (Å²) in [6.07, 6.45) is 8.80. The van der Waals surface area contributed by atoms with Gasteiger partial charge in [0.1, 0.15) is 23.9 Å². The maximum atomic E-state index is 13.9. The second-order valence-electron chi connectivity index (χ2n) is 12.4. The fraction of sp³-hybridized carbons (Fsp3) is 0.500. The third-order valence-corrected chi connectivity index (χ3v) is 8.94. The molecule has 8 heteroatoms. The van der Waals surface area contributed by atoms with E-state index in [1.54, 1.807) is 43.5 Å². The number of unbranched alkanes of at least 4 members (excludes halogenated alkanes) is 5. The largest absolute Gasteiger partial charge is 0.494 e. The predicted molar refractivity (Wildman–Crippen MR) is 178 cm³/mol. The number of nitrogens with zero attached hydrogens (tertiary/aromatic N) is 1. The van der Waals surface area contributed by atoms with Crippen molar-refractivity contribution in [1.29, 1.82) is 0 Å². The molecule has 0 bridgehead atoms. The summed E-state index contributed by atoms with van der Waals surface area (Å²) >= 11 is 0. The van der Waals surface area contributed by atoms with E-state index in [2.05, 4.69) is 6.92 Å². The number of methoxy groups -OCH3 is 1. The molecule has 0 aromatic heterocycles. The fourth-order valence-electron chi connectivity index (χ4n) is 5.94. The Labute approximate surface area is 274 Å². The number of ether oxygens (including phenoxy) is 5. The number of hydrogen-bond donors (Lipinski definition) is 0. The van der Waals surface area contributed by atoms with Gasteiger partial charge in [-0.15, -0.1) is 10.3 Å². The fourth-order valence-corrected chi connectivity index (χ4v) is 5.94. The molecule has 1 heterocycles. The molecule has 0 aliphatic carbocycles. The monoisotopic (exact) mass is 632 g/mol. The average molecular weight is 633 g/mol. The normalized spacial score (nSPS) is 19.7. The lowest BCUT2D eigenvalue weighted by atomic mass is 9.89. The minimum absolute atomic E-state index is 0.402. The van der Waals surface area contributed by atoms with Gasteiger partial charge in [0.2, 0.25) is 0 Å². The summed E-state index contributed by atoms with van der Waals surface area (Å²) in [5.74, 6) is 1.43. The molecule has 1 aliphatic heterocycles. The van der Waals surface area contributed by atoms with Gasteiger partial charge in [-0.05, 0) is 92.8 Å². The lowest BCUT2D eigenvalue weighted by molar-refractivity contribution is -0.260. The van der Waals surface area contributed by atoms with Crippen molar-refractivity contribution in [1.82, 2.24) is 5.06 Å². The predicted octanol–water partition coefficient (Wildman–Crippen LogP) is 8.26. The van der Waals surface area contributed by atoms with Crippen LogP contribution in [0.4, 0.5) is 0 Å². The van der Waals surface area contributed by atoms with Crippen LogP contribution in [0.1, 0.15) is 93.6 Å². The molecule has 0 amide bonds. The van der Waals surface area contributed by atoms with Crippen LogP contribution in [0.3, 0.4) is 0 Å². The number of esters is 1. The van der Waals surface area contributed by atoms with Crippen molar-refractivity contribution >= 4 is 5.97 Å². The van der Waals surface area contributed by atoms with E-state index in [0.717, 1.165) is 29.7 Å². The van der Waals surface area contributed by atoms with Crippen LogP contribution < -0.4 is 14.2 Å². The molecule has 2 atom stereocenters. The Bertz CT molecular complexity index is 1330. The third-order valence-electron chi connectivity index (χ3n) is 8.94. The van der Waals surface area contributed by atoms with Crippen molar-refractivity contribution in [2.45, 2.75) is 83.2 Å². The number of hydrogen-bond acceptors (Lipinski definition) is 7. The zero-order valence-electron chi connectivity index (χ0n) is 27.9. The molecule has 1 saturated heterocycles. The van der Waals surface area contributed by atoms with Crippen molar-refractivity contribution in [3.05, 3.63) is 89.5 Å². The number of benzene rings is 3. The van der Waals surface area contributed by atoms with Crippen LogP contribution >= 0.6 is 0 Å². The van der Waals surface area contributed by atoms with Crippen LogP contribution in [0.5, 0.6) is 17.2 Å². The summed E-state index contributed by atoms with van der Waals surface area (Å²) in [5, 5.41) is 15.2. The maximum Gasteiger partial charge on any atom is 0.343 e. The smallest absolute Gasteiger partial charge is 0.343 e. The Morgan fingerprint density at radius 2 is 1.15 bits per heavy atom. The van der Waals surface area contributed by atoms with Gasteiger partial charge in [0.25, 0.3) is 0 Å². The van der Waals surface area contributed by atoms with Crippen LogP contribution in [-0.4, -0.2) is 51.2 Å². The Hall–Kier alpha value is -3.43. The molecule has 0 N–H and O–H groups in total. The lowest BCUT2D eigenvalue weighted by Gasteiger charge is -2.37. The van der Waals surface area contributed by atoms with Gasteiger partial charge in [0.05, 0.1) is 43.1 Å². The quantitative estimate of drug-likeness (QED) is 0.0747. The minimum Gasteiger partial charge on any atom is -0.494 e. The van der Waals surface area contributed by atoms with E-state index in [1.807, 2.05) is 50.2 Å². The van der Waals surface area contributed by atoms with Gasteiger partial charge in [-0.25, -0.2) is 4.79 Å². The minimum atomic E-state index is -0.713. The molecule has 3 aromatic rings. The molecule has 46 heavy (non-hydrogen) atoms. The molecule has 0 saturated carbocycles. The van der Waals surface area contributed by atoms with Gasteiger partial charge in [0, 0.05) is 7.11 Å². The molecule has 249 valence electrons. The number of rotatable bonds is 19. The molecule has 1 radical (unpaired) electrons. The second-order valence-corrected chi connectivity index (χ2v) is 12.4. The molecule has 8 nitrogen and oxygen atoms in total. The Morgan fingerprint density at radius 1 is 0.652 bits per heavy atom. The van der Waals surface area contributed by atoms with Gasteiger partial charge in [-0.1, -0.05) is 63.3 Å². The molecule has 0 spiro atoms. The zero-order chi connectivity index (χ0) is 32.8. The molecule has 1 fully saturated rings. The molecular formula is C38H50NO7. The topological polar surface area (TPSA) is 86.4 Å². The van der Waals surface area contributed by atoms with Gasteiger partial charge in [-0.3, -0.25) is 0 Å². The summed E-state index contributed by atoms with van der Waals surface area (Å²) in [4.78, 5) is 12.8. The van der Waals surface area contributed by atoms with Crippen LogP contribution in [0, 0.1) is 0 Å². The van der Waals surface area contributed by atoms with E-state index < -0.39 is 17.0 Å². The van der Waals surface area contributed by atoms with E-state index >= 15 is 0 Å². The first-order valence-electron chi connectivity index (χ1n) is 16.6. The molecule has 0 unspecified atom stereocenters. The second kappa shape index (κ2) is 17.5. The first-order valence-corrected chi connectivity index (χ1v) is 16.6. The Morgan fingerprint density at radius 3 is 1.74 bits per heavy atom. The average Bonchev–Trinajstić information content (AvgIpc) is 3.32. The Balaban J connectivity index is 1.28. The van der Waals surface area contributed by atoms with Gasteiger partial charge >= 0.3 is 5.97 Å². The van der Waals surface area contributed by atoms with Gasteiger partial charge < -0.3 is 23.7 Å². The van der Waals surface area contributed by atoms with Crippen molar-refractivity contribution in [3.63, 3.8) is 0 Å². The SMILES string of the molecule is CCCCCCCCOc1ccc([C@]2(C)CC[C@@](C)(c3ccc(OC(=O)c4ccc(OCCOCCOC)cc4)cc3)N2[O])cc1. The van der Waals surface area contributed by atoms with Gasteiger partial charge in [0.15, 0.2) is 0 Å². The van der Waals surface area contributed by atoms with Crippen LogP contribution in [0.25, 0.3) is 0 Å². The standard InChI is InChI=1S/C38H50NO7/c1-5-6-7-8-9-10-25-44-34-19-13-31(14-20-34)37(2)23-24-38(3,39(37)41)32-15-21-35(22-16-32)46-36(40)30-11-17-33(18-12-30)45-29-28-43-27-26-42-4/h11-22H,5-10,23-29H2,1-4H3/t37-,38-/m0/s1. The summed E-state index contributed by atoms with van der Waals surface area (Å²) in [6, 6.07) is 22.0. The highest BCUT2D eigenvalue weighted by Gasteiger charge is 2.52. The maximum absolute atomic E-state index is 13.9. The first kappa shape index (κ1) is 35.4. The van der Waals surface area contributed by atoms with E-state index in [0.29, 0.717) is 56.5 Å². The van der Waals surface area contributed by atoms with E-state index in [-0.39, 0.29) is 0 Å². The summed E-state index contributed by atoms with van der Waals surface area (Å²) in [5.41, 5.74) is 0.906. The molecule has 1 aliphatic rings. The van der Waals surface area contributed by atoms with Crippen molar-refractivity contribution in [3.8, 4) is 17.2 Å². The highest BCUT2D eigenvalue weighted by Crippen LogP contribution is 2.51. The van der Waals surface area contributed by atoms with Crippen molar-refractivity contribution in [2.75, 3.05) is 40.1 Å². The summed E-state index contributed by atoms with van der Waals surface area (Å²) < 4.78 is 27.5. The van der Waals surface area contributed by atoms with Gasteiger partial charge in [-0.2, -0.15) is 0 Å². The van der Waals surface area contributed by atoms with Crippen molar-refractivity contribution < 1.29 is 33.7 Å². The first-order chi connectivity index (χ1) is 22.3. The number of carbonyl (C=O) groups is 1. The third kappa shape index (κ3) is 9.32. The number of hydroxylamine groups is 2. The van der Waals surface area contributed by atoms with Crippen LogP contribution in [-0.2, 0) is 25.8 Å². The van der Waals surface area contributed by atoms with E-state index in [4.69, 9.17) is 23.7 Å². The zero-order valence-corrected chi connectivity index (χ0v) is 27.9. The lowest BCUT2D eigenvalue weighted by Crippen LogP contribution is -2.44. The van der Waals surface area contributed by atoms with Crippen LogP contribution in [0.15, 0.2) is 72.8 Å². The van der Waals surface area contributed by atoms with E-state index in [1.165, 1.54) is 37.2 Å². The van der Waals surface area contributed by atoms with Crippen molar-refractivity contribution in [2.24, 2.45) is 0 Å².